The molecule has 6 heteroatoms. The van der Waals surface area contributed by atoms with E-state index in [2.05, 4.69) is 10.5 Å². The van der Waals surface area contributed by atoms with Gasteiger partial charge in [-0.1, -0.05) is 5.16 Å². The van der Waals surface area contributed by atoms with Gasteiger partial charge in [-0.05, 0) is 6.92 Å². The van der Waals surface area contributed by atoms with Gasteiger partial charge in [0.05, 0.1) is 6.42 Å². The Morgan fingerprint density at radius 3 is 2.50 bits per heavy atom. The molecule has 0 aromatic rings. The second-order valence-corrected chi connectivity index (χ2v) is 2.09. The number of carboxylic acid groups (broad SMARTS) is 1. The smallest absolute Gasteiger partial charge is 0.305 e. The Kier molecular flexibility index (Phi) is 4.43. The number of carbonyl (C=O) groups is 2. The minimum atomic E-state index is -0.992. The van der Waals surface area contributed by atoms with E-state index in [0.29, 0.717) is 0 Å². The van der Waals surface area contributed by atoms with Crippen molar-refractivity contribution in [3.8, 4) is 0 Å². The minimum absolute atomic E-state index is 0.0288. The van der Waals surface area contributed by atoms with Crippen molar-refractivity contribution in [3.05, 3.63) is 0 Å². The SMILES string of the molecule is C/C(=N\O)C(=O)NCCC(=O)O. The molecule has 0 spiro atoms. The highest BCUT2D eigenvalue weighted by molar-refractivity contribution is 6.37. The fraction of sp³-hybridized carbons (Fsp3) is 0.500. The van der Waals surface area contributed by atoms with E-state index in [9.17, 15) is 9.59 Å². The molecule has 68 valence electrons. The van der Waals surface area contributed by atoms with Crippen molar-refractivity contribution in [2.24, 2.45) is 5.16 Å². The molecule has 12 heavy (non-hydrogen) atoms. The zero-order valence-electron chi connectivity index (χ0n) is 6.57. The normalized spacial score (nSPS) is 10.9. The first kappa shape index (κ1) is 10.4. The third-order valence-electron chi connectivity index (χ3n) is 1.10. The molecule has 0 saturated carbocycles. The lowest BCUT2D eigenvalue weighted by molar-refractivity contribution is -0.136. The van der Waals surface area contributed by atoms with E-state index in [1.165, 1.54) is 6.92 Å². The summed E-state index contributed by atoms with van der Waals surface area (Å²) in [6.07, 6.45) is -0.148. The van der Waals surface area contributed by atoms with Gasteiger partial charge in [-0.3, -0.25) is 9.59 Å². The number of carbonyl (C=O) groups excluding carboxylic acids is 1. The fourth-order valence-corrected chi connectivity index (χ4v) is 0.456. The summed E-state index contributed by atoms with van der Waals surface area (Å²) in [6, 6.07) is 0. The molecule has 0 bridgehead atoms. The van der Waals surface area contributed by atoms with Gasteiger partial charge in [-0.2, -0.15) is 0 Å². The number of oxime groups is 1. The van der Waals surface area contributed by atoms with Crippen LogP contribution in [0.15, 0.2) is 5.16 Å². The van der Waals surface area contributed by atoms with E-state index >= 15 is 0 Å². The van der Waals surface area contributed by atoms with Crippen LogP contribution >= 0.6 is 0 Å². The van der Waals surface area contributed by atoms with Crippen LogP contribution in [0.25, 0.3) is 0 Å². The molecule has 0 radical (unpaired) electrons. The number of hydrogen-bond acceptors (Lipinski definition) is 4. The number of aliphatic carboxylic acids is 1. The van der Waals surface area contributed by atoms with Gasteiger partial charge in [0.1, 0.15) is 5.71 Å². The Morgan fingerprint density at radius 2 is 2.08 bits per heavy atom. The van der Waals surface area contributed by atoms with Crippen molar-refractivity contribution in [1.29, 1.82) is 0 Å². The topological polar surface area (TPSA) is 99.0 Å². The van der Waals surface area contributed by atoms with Crippen LogP contribution in [-0.2, 0) is 9.59 Å². The first-order valence-electron chi connectivity index (χ1n) is 3.26. The Hall–Kier alpha value is -1.59. The molecule has 0 aliphatic carbocycles. The fourth-order valence-electron chi connectivity index (χ4n) is 0.456. The van der Waals surface area contributed by atoms with Crippen LogP contribution in [-0.4, -0.2) is 34.4 Å². The van der Waals surface area contributed by atoms with Crippen LogP contribution in [0.4, 0.5) is 0 Å². The zero-order chi connectivity index (χ0) is 9.56. The van der Waals surface area contributed by atoms with E-state index in [1.54, 1.807) is 0 Å². The molecule has 0 aromatic heterocycles. The number of carboxylic acids is 1. The molecule has 0 fully saturated rings. The van der Waals surface area contributed by atoms with Crippen molar-refractivity contribution in [1.82, 2.24) is 5.32 Å². The highest BCUT2D eigenvalue weighted by Crippen LogP contribution is 1.78. The summed E-state index contributed by atoms with van der Waals surface area (Å²) >= 11 is 0. The quantitative estimate of drug-likeness (QED) is 0.302. The molecule has 0 atom stereocenters. The molecule has 0 aliphatic rings. The van der Waals surface area contributed by atoms with Crippen molar-refractivity contribution < 1.29 is 19.9 Å². The Morgan fingerprint density at radius 1 is 1.50 bits per heavy atom. The average Bonchev–Trinajstić information content (AvgIpc) is 2.02. The van der Waals surface area contributed by atoms with E-state index in [4.69, 9.17) is 10.3 Å². The largest absolute Gasteiger partial charge is 0.481 e. The van der Waals surface area contributed by atoms with Gasteiger partial charge >= 0.3 is 5.97 Å². The molecule has 0 saturated heterocycles. The number of amides is 1. The van der Waals surface area contributed by atoms with Crippen molar-refractivity contribution in [2.45, 2.75) is 13.3 Å². The molecule has 0 rings (SSSR count). The molecule has 0 unspecified atom stereocenters. The molecule has 0 aliphatic heterocycles. The molecule has 0 heterocycles. The number of rotatable bonds is 4. The van der Waals surface area contributed by atoms with Gasteiger partial charge < -0.3 is 15.6 Å². The highest BCUT2D eigenvalue weighted by atomic mass is 16.4. The lowest BCUT2D eigenvalue weighted by Crippen LogP contribution is -2.31. The summed E-state index contributed by atoms with van der Waals surface area (Å²) in [7, 11) is 0. The minimum Gasteiger partial charge on any atom is -0.481 e. The maximum Gasteiger partial charge on any atom is 0.305 e. The molecule has 1 amide bonds. The summed E-state index contributed by atoms with van der Waals surface area (Å²) in [5, 5.41) is 21.2. The standard InChI is InChI=1S/C6H10N2O4/c1-4(8-12)6(11)7-3-2-5(9)10/h12H,2-3H2,1H3,(H,7,11)(H,9,10)/b8-4+. The molecular formula is C6H10N2O4. The average molecular weight is 174 g/mol. The Bertz CT molecular complexity index is 212. The predicted molar refractivity (Wildman–Crippen MR) is 40.2 cm³/mol. The zero-order valence-corrected chi connectivity index (χ0v) is 6.57. The van der Waals surface area contributed by atoms with Gasteiger partial charge in [0.2, 0.25) is 0 Å². The van der Waals surface area contributed by atoms with Crippen molar-refractivity contribution in [3.63, 3.8) is 0 Å². The van der Waals surface area contributed by atoms with E-state index in [0.717, 1.165) is 0 Å². The van der Waals surface area contributed by atoms with Crippen LogP contribution in [0.3, 0.4) is 0 Å². The van der Waals surface area contributed by atoms with Crippen molar-refractivity contribution in [2.75, 3.05) is 6.54 Å². The lowest BCUT2D eigenvalue weighted by atomic mass is 10.3. The maximum atomic E-state index is 10.8. The second kappa shape index (κ2) is 5.11. The van der Waals surface area contributed by atoms with Crippen LogP contribution in [0.5, 0.6) is 0 Å². The summed E-state index contributed by atoms with van der Waals surface area (Å²) in [6.45, 7) is 1.34. The van der Waals surface area contributed by atoms with Crippen LogP contribution in [0.1, 0.15) is 13.3 Å². The van der Waals surface area contributed by atoms with Gasteiger partial charge in [0.25, 0.3) is 5.91 Å². The highest BCUT2D eigenvalue weighted by Gasteiger charge is 2.05. The number of nitrogens with one attached hydrogen (secondary N) is 1. The van der Waals surface area contributed by atoms with Gasteiger partial charge in [-0.25, -0.2) is 0 Å². The Balaban J connectivity index is 3.65. The summed E-state index contributed by atoms with van der Waals surface area (Å²) in [5.41, 5.74) is -0.0969. The summed E-state index contributed by atoms with van der Waals surface area (Å²) in [5.74, 6) is -1.56. The molecule has 3 N–H and O–H groups in total. The molecular weight excluding hydrogens is 164 g/mol. The van der Waals surface area contributed by atoms with E-state index in [1.807, 2.05) is 0 Å². The van der Waals surface area contributed by atoms with Crippen LogP contribution in [0.2, 0.25) is 0 Å². The van der Waals surface area contributed by atoms with Gasteiger partial charge in [0, 0.05) is 6.54 Å². The van der Waals surface area contributed by atoms with Crippen LogP contribution < -0.4 is 5.32 Å². The lowest BCUT2D eigenvalue weighted by Gasteiger charge is -1.99. The number of nitrogens with zero attached hydrogens (tertiary/aromatic N) is 1. The Labute approximate surface area is 68.9 Å². The monoisotopic (exact) mass is 174 g/mol. The maximum absolute atomic E-state index is 10.8. The second-order valence-electron chi connectivity index (χ2n) is 2.09. The summed E-state index contributed by atoms with van der Waals surface area (Å²) < 4.78 is 0. The first-order valence-corrected chi connectivity index (χ1v) is 3.26. The van der Waals surface area contributed by atoms with Gasteiger partial charge in [-0.15, -0.1) is 0 Å². The molecule has 0 aromatic carbocycles. The first-order chi connectivity index (χ1) is 5.57. The van der Waals surface area contributed by atoms with E-state index < -0.39 is 11.9 Å². The number of hydrogen-bond donors (Lipinski definition) is 3. The van der Waals surface area contributed by atoms with Gasteiger partial charge in [0.15, 0.2) is 0 Å². The predicted octanol–water partition coefficient (Wildman–Crippen LogP) is -0.573. The third kappa shape index (κ3) is 4.26. The summed E-state index contributed by atoms with van der Waals surface area (Å²) in [4.78, 5) is 20.8. The molecule has 6 nitrogen and oxygen atoms in total. The van der Waals surface area contributed by atoms with Crippen molar-refractivity contribution >= 4 is 17.6 Å². The third-order valence-corrected chi connectivity index (χ3v) is 1.10. The van der Waals surface area contributed by atoms with E-state index in [-0.39, 0.29) is 18.7 Å². The van der Waals surface area contributed by atoms with Crippen LogP contribution in [0, 0.1) is 0 Å².